The summed E-state index contributed by atoms with van der Waals surface area (Å²) in [6, 6.07) is 0. The van der Waals surface area contributed by atoms with E-state index in [4.69, 9.17) is 18.9 Å². The van der Waals surface area contributed by atoms with Gasteiger partial charge in [0.05, 0.1) is 13.2 Å². The monoisotopic (exact) mass is 274 g/mol. The highest BCUT2D eigenvalue weighted by Crippen LogP contribution is 2.05. The number of ether oxygens (including phenoxy) is 4. The molecule has 0 N–H and O–H groups in total. The van der Waals surface area contributed by atoms with E-state index in [1.54, 1.807) is 6.26 Å². The normalized spacial score (nSPS) is 11.4. The molecule has 0 heterocycles. The van der Waals surface area contributed by atoms with E-state index in [1.807, 2.05) is 6.92 Å². The molecule has 0 amide bonds. The van der Waals surface area contributed by atoms with Crippen molar-refractivity contribution in [1.29, 1.82) is 0 Å². The van der Waals surface area contributed by atoms with Gasteiger partial charge in [-0.05, 0) is 19.8 Å². The minimum Gasteiger partial charge on any atom is -0.494 e. The van der Waals surface area contributed by atoms with E-state index in [1.165, 1.54) is 19.3 Å². The molecule has 0 aliphatic rings. The largest absolute Gasteiger partial charge is 0.494 e. The average molecular weight is 274 g/mol. The first-order valence-corrected chi connectivity index (χ1v) is 7.50. The fourth-order valence-electron chi connectivity index (χ4n) is 1.38. The molecule has 0 aromatic heterocycles. The second-order valence-corrected chi connectivity index (χ2v) is 4.33. The molecule has 19 heavy (non-hydrogen) atoms. The zero-order valence-electron chi connectivity index (χ0n) is 12.8. The van der Waals surface area contributed by atoms with Crippen LogP contribution in [-0.2, 0) is 18.9 Å². The highest BCUT2D eigenvalue weighted by molar-refractivity contribution is 4.75. The van der Waals surface area contributed by atoms with Gasteiger partial charge in [-0.2, -0.15) is 0 Å². The van der Waals surface area contributed by atoms with E-state index in [0.717, 1.165) is 19.3 Å². The lowest BCUT2D eigenvalue weighted by Gasteiger charge is -2.11. The SMILES string of the molecule is CCCCCOC=C(OCCCCC)OCOCC. The van der Waals surface area contributed by atoms with Crippen LogP contribution in [-0.4, -0.2) is 26.6 Å². The Kier molecular flexibility index (Phi) is 14.4. The van der Waals surface area contributed by atoms with Crippen LogP contribution in [0.25, 0.3) is 0 Å². The van der Waals surface area contributed by atoms with Crippen LogP contribution in [0, 0.1) is 0 Å². The molecule has 0 radical (unpaired) electrons. The van der Waals surface area contributed by atoms with Gasteiger partial charge in [-0.15, -0.1) is 0 Å². The van der Waals surface area contributed by atoms with Crippen molar-refractivity contribution in [2.75, 3.05) is 26.6 Å². The molecule has 0 aliphatic heterocycles. The van der Waals surface area contributed by atoms with Crippen LogP contribution in [0.2, 0.25) is 0 Å². The van der Waals surface area contributed by atoms with Crippen molar-refractivity contribution in [3.8, 4) is 0 Å². The molecule has 0 aromatic carbocycles. The quantitative estimate of drug-likeness (QED) is 0.270. The lowest BCUT2D eigenvalue weighted by Crippen LogP contribution is -2.05. The van der Waals surface area contributed by atoms with Gasteiger partial charge in [-0.1, -0.05) is 39.5 Å². The first kappa shape index (κ1) is 18.1. The van der Waals surface area contributed by atoms with Crippen molar-refractivity contribution in [1.82, 2.24) is 0 Å². The van der Waals surface area contributed by atoms with Crippen molar-refractivity contribution in [2.24, 2.45) is 0 Å². The lowest BCUT2D eigenvalue weighted by atomic mass is 10.3. The van der Waals surface area contributed by atoms with Crippen molar-refractivity contribution >= 4 is 0 Å². The van der Waals surface area contributed by atoms with Gasteiger partial charge in [0.1, 0.15) is 0 Å². The molecule has 0 aromatic rings. The molecule has 0 saturated carbocycles. The number of unbranched alkanes of at least 4 members (excludes halogenated alkanes) is 4. The van der Waals surface area contributed by atoms with E-state index in [-0.39, 0.29) is 6.79 Å². The molecule has 0 spiro atoms. The molecule has 0 fully saturated rings. The number of hydrogen-bond acceptors (Lipinski definition) is 4. The van der Waals surface area contributed by atoms with Crippen LogP contribution in [0.15, 0.2) is 12.2 Å². The zero-order chi connectivity index (χ0) is 14.2. The highest BCUT2D eigenvalue weighted by Gasteiger charge is 2.00. The topological polar surface area (TPSA) is 36.9 Å². The third-order valence-electron chi connectivity index (χ3n) is 2.53. The molecule has 114 valence electrons. The molecule has 0 saturated heterocycles. The standard InChI is InChI=1S/C15H30O4/c1-4-7-9-11-17-13-15(19-14-16-6-3)18-12-10-8-5-2/h13H,4-12,14H2,1-3H3. The fourth-order valence-corrected chi connectivity index (χ4v) is 1.38. The summed E-state index contributed by atoms with van der Waals surface area (Å²) in [6.07, 6.45) is 8.35. The molecule has 0 aliphatic carbocycles. The third-order valence-corrected chi connectivity index (χ3v) is 2.53. The molecule has 0 unspecified atom stereocenters. The molecular formula is C15H30O4. The highest BCUT2D eigenvalue weighted by atomic mass is 16.7. The molecule has 0 rings (SSSR count). The van der Waals surface area contributed by atoms with E-state index in [9.17, 15) is 0 Å². The Balaban J connectivity index is 3.83. The van der Waals surface area contributed by atoms with Gasteiger partial charge >= 0.3 is 5.95 Å². The predicted molar refractivity (Wildman–Crippen MR) is 76.6 cm³/mol. The first-order chi connectivity index (χ1) is 9.35. The third kappa shape index (κ3) is 13.3. The average Bonchev–Trinajstić information content (AvgIpc) is 2.42. The molecule has 0 bridgehead atoms. The van der Waals surface area contributed by atoms with Gasteiger partial charge in [-0.3, -0.25) is 0 Å². The Hall–Kier alpha value is -0.900. The Labute approximate surface area is 118 Å². The summed E-state index contributed by atoms with van der Waals surface area (Å²) in [4.78, 5) is 0. The minimum absolute atomic E-state index is 0.203. The summed E-state index contributed by atoms with van der Waals surface area (Å²) in [5.41, 5.74) is 0. The van der Waals surface area contributed by atoms with Gasteiger partial charge in [0, 0.05) is 6.61 Å². The van der Waals surface area contributed by atoms with E-state index in [2.05, 4.69) is 13.8 Å². The molecule has 4 nitrogen and oxygen atoms in total. The van der Waals surface area contributed by atoms with Gasteiger partial charge < -0.3 is 18.9 Å². The van der Waals surface area contributed by atoms with Gasteiger partial charge in [0.2, 0.25) is 0 Å². The van der Waals surface area contributed by atoms with E-state index < -0.39 is 0 Å². The van der Waals surface area contributed by atoms with Crippen molar-refractivity contribution < 1.29 is 18.9 Å². The Morgan fingerprint density at radius 2 is 1.53 bits per heavy atom. The Morgan fingerprint density at radius 1 is 0.842 bits per heavy atom. The van der Waals surface area contributed by atoms with Crippen LogP contribution < -0.4 is 0 Å². The lowest BCUT2D eigenvalue weighted by molar-refractivity contribution is -0.0764. The summed E-state index contributed by atoms with van der Waals surface area (Å²) in [6.45, 7) is 8.45. The maximum absolute atomic E-state index is 5.53. The van der Waals surface area contributed by atoms with Crippen molar-refractivity contribution in [3.63, 3.8) is 0 Å². The molecule has 4 heteroatoms. The Bertz CT molecular complexity index is 204. The van der Waals surface area contributed by atoms with Crippen LogP contribution >= 0.6 is 0 Å². The van der Waals surface area contributed by atoms with Crippen molar-refractivity contribution in [2.45, 2.75) is 59.3 Å². The maximum atomic E-state index is 5.53. The predicted octanol–water partition coefficient (Wildman–Crippen LogP) is 4.21. The summed E-state index contributed by atoms with van der Waals surface area (Å²) < 4.78 is 21.4. The van der Waals surface area contributed by atoms with Crippen LogP contribution in [0.3, 0.4) is 0 Å². The second kappa shape index (κ2) is 15.2. The summed E-state index contributed by atoms with van der Waals surface area (Å²) in [5.74, 6) is 0.418. The van der Waals surface area contributed by atoms with E-state index >= 15 is 0 Å². The summed E-state index contributed by atoms with van der Waals surface area (Å²) >= 11 is 0. The van der Waals surface area contributed by atoms with Crippen molar-refractivity contribution in [3.05, 3.63) is 12.2 Å². The zero-order valence-corrected chi connectivity index (χ0v) is 12.8. The van der Waals surface area contributed by atoms with Crippen LogP contribution in [0.1, 0.15) is 59.3 Å². The number of hydrogen-bond donors (Lipinski definition) is 0. The minimum atomic E-state index is 0.203. The first-order valence-electron chi connectivity index (χ1n) is 7.50. The Morgan fingerprint density at radius 3 is 2.16 bits per heavy atom. The van der Waals surface area contributed by atoms with Crippen LogP contribution in [0.5, 0.6) is 0 Å². The smallest absolute Gasteiger partial charge is 0.317 e. The second-order valence-electron chi connectivity index (χ2n) is 4.33. The van der Waals surface area contributed by atoms with Crippen LogP contribution in [0.4, 0.5) is 0 Å². The van der Waals surface area contributed by atoms with E-state index in [0.29, 0.717) is 25.8 Å². The molecular weight excluding hydrogens is 244 g/mol. The number of rotatable bonds is 14. The summed E-state index contributed by atoms with van der Waals surface area (Å²) in [5, 5.41) is 0. The van der Waals surface area contributed by atoms with Gasteiger partial charge in [0.25, 0.3) is 0 Å². The maximum Gasteiger partial charge on any atom is 0.317 e. The molecule has 0 atom stereocenters. The fraction of sp³-hybridized carbons (Fsp3) is 0.867. The van der Waals surface area contributed by atoms with Gasteiger partial charge in [-0.25, -0.2) is 0 Å². The van der Waals surface area contributed by atoms with Gasteiger partial charge in [0.15, 0.2) is 13.1 Å². The summed E-state index contributed by atoms with van der Waals surface area (Å²) in [7, 11) is 0.